The third-order valence-electron chi connectivity index (χ3n) is 11.3. The monoisotopic (exact) mass is 984 g/mol. The van der Waals surface area contributed by atoms with E-state index in [4.69, 9.17) is 32.7 Å². The van der Waals surface area contributed by atoms with Crippen LogP contribution < -0.4 is 9.47 Å². The van der Waals surface area contributed by atoms with Gasteiger partial charge in [0.1, 0.15) is 11.5 Å². The van der Waals surface area contributed by atoms with Gasteiger partial charge in [-0.3, -0.25) is 4.98 Å². The van der Waals surface area contributed by atoms with Crippen molar-refractivity contribution in [2.45, 2.75) is 57.4 Å². The van der Waals surface area contributed by atoms with Crippen molar-refractivity contribution >= 4 is 46.0 Å². The summed E-state index contributed by atoms with van der Waals surface area (Å²) in [4.78, 5) is 29.4. The van der Waals surface area contributed by atoms with E-state index < -0.39 is 53.7 Å². The summed E-state index contributed by atoms with van der Waals surface area (Å²) in [5.41, 5.74) is 1.02. The van der Waals surface area contributed by atoms with E-state index in [1.165, 1.54) is 93.1 Å². The Morgan fingerprint density at radius 3 is 1.56 bits per heavy atom. The Bertz CT molecular complexity index is 2500. The number of para-hydroxylation sites is 1. The fourth-order valence-electron chi connectivity index (χ4n) is 7.64. The number of aliphatic hydroxyl groups is 1. The molecule has 5 aromatic carbocycles. The van der Waals surface area contributed by atoms with Crippen LogP contribution in [0, 0.1) is 11.3 Å². The van der Waals surface area contributed by atoms with Crippen molar-refractivity contribution in [3.63, 3.8) is 0 Å². The average Bonchev–Trinajstić information content (AvgIpc) is 3.31. The number of aliphatic hydroxyl groups excluding tert-OH is 1. The van der Waals surface area contributed by atoms with E-state index >= 15 is 0 Å². The molecule has 360 valence electrons. The number of carbonyl (C=O) groups is 2. The van der Waals surface area contributed by atoms with Crippen molar-refractivity contribution < 1.29 is 60.7 Å². The molecule has 0 amide bonds. The van der Waals surface area contributed by atoms with Crippen molar-refractivity contribution in [2.24, 2.45) is 11.3 Å². The highest BCUT2D eigenvalue weighted by Gasteiger charge is 2.41. The van der Waals surface area contributed by atoms with E-state index in [1.54, 1.807) is 13.1 Å². The van der Waals surface area contributed by atoms with E-state index in [-0.39, 0.29) is 22.6 Å². The van der Waals surface area contributed by atoms with Gasteiger partial charge in [0.2, 0.25) is 12.2 Å². The Labute approximate surface area is 399 Å². The lowest BCUT2D eigenvalue weighted by Crippen LogP contribution is -2.52. The summed E-state index contributed by atoms with van der Waals surface area (Å²) in [7, 11) is 0. The standard InChI is InChI=1S/2C15H10ClF3O3.C11H11NO.C10H17N/c2*16-11-6-4-9(5-7-11)13(14(20)21)22-12-3-1-2-10(8-12)15(17,18)19;1-8(13)9-6-7-12-11-5-3-2-4-10(9)11;1-3-10(2)8-11-6-4-9(10)5-7-11/h2*1-8,13H,(H,20,21);2-8,13H,1H3;3,9H,1,4-8H2,2H3/t;;8-;/m..0./s1. The van der Waals surface area contributed by atoms with Gasteiger partial charge >= 0.3 is 24.3 Å². The molecule has 4 atom stereocenters. The third-order valence-corrected chi connectivity index (χ3v) is 11.8. The molecular formula is C51H48Cl2F6N2O7. The number of carboxylic acid groups (broad SMARTS) is 2. The number of benzene rings is 5. The minimum absolute atomic E-state index is 0.183. The molecule has 68 heavy (non-hydrogen) atoms. The number of ether oxygens (including phenoxy) is 2. The number of hydrogen-bond donors (Lipinski definition) is 3. The first-order valence-electron chi connectivity index (χ1n) is 21.1. The summed E-state index contributed by atoms with van der Waals surface area (Å²) in [5, 5.41) is 29.8. The summed E-state index contributed by atoms with van der Waals surface area (Å²) >= 11 is 11.4. The van der Waals surface area contributed by atoms with Crippen molar-refractivity contribution in [1.29, 1.82) is 0 Å². The van der Waals surface area contributed by atoms with Gasteiger partial charge in [0, 0.05) is 44.7 Å². The number of carboxylic acids is 2. The number of rotatable bonds is 10. The molecule has 3 saturated heterocycles. The molecule has 9 nitrogen and oxygen atoms in total. The van der Waals surface area contributed by atoms with Crippen LogP contribution in [0.2, 0.25) is 10.0 Å². The van der Waals surface area contributed by atoms with Gasteiger partial charge in [-0.15, -0.1) is 6.58 Å². The molecule has 3 aliphatic heterocycles. The third kappa shape index (κ3) is 14.7. The first kappa shape index (κ1) is 52.8. The van der Waals surface area contributed by atoms with Crippen molar-refractivity contribution in [1.82, 2.24) is 9.88 Å². The van der Waals surface area contributed by atoms with Gasteiger partial charge in [-0.05, 0) is 117 Å². The van der Waals surface area contributed by atoms with Crippen molar-refractivity contribution in [2.75, 3.05) is 19.6 Å². The Hall–Kier alpha value is -6.13. The average molecular weight is 986 g/mol. The van der Waals surface area contributed by atoms with E-state index in [2.05, 4.69) is 29.5 Å². The number of hydrogen-bond acceptors (Lipinski definition) is 7. The minimum Gasteiger partial charge on any atom is -0.478 e. The van der Waals surface area contributed by atoms with Crippen LogP contribution in [0.5, 0.6) is 11.5 Å². The Morgan fingerprint density at radius 1 is 0.735 bits per heavy atom. The molecule has 4 heterocycles. The predicted octanol–water partition coefficient (Wildman–Crippen LogP) is 13.3. The molecule has 17 heteroatoms. The summed E-state index contributed by atoms with van der Waals surface area (Å²) in [6.07, 6.45) is -5.68. The van der Waals surface area contributed by atoms with Crippen LogP contribution in [0.3, 0.4) is 0 Å². The number of fused-ring (bicyclic) bond motifs is 4. The number of pyridine rings is 1. The number of nitrogens with zero attached hydrogens (tertiary/aromatic N) is 2. The van der Waals surface area contributed by atoms with Gasteiger partial charge in [-0.25, -0.2) is 9.59 Å². The molecule has 6 aromatic rings. The highest BCUT2D eigenvalue weighted by atomic mass is 35.5. The fraction of sp³-hybridized carbons (Fsp3) is 0.275. The Kier molecular flexibility index (Phi) is 18.1. The molecule has 0 aliphatic carbocycles. The van der Waals surface area contributed by atoms with E-state index in [1.807, 2.05) is 30.3 Å². The van der Waals surface area contributed by atoms with E-state index in [0.29, 0.717) is 15.5 Å². The van der Waals surface area contributed by atoms with Crippen LogP contribution in [0.15, 0.2) is 146 Å². The maximum Gasteiger partial charge on any atom is 0.416 e. The number of aliphatic carboxylic acids is 2. The molecule has 3 N–H and O–H groups in total. The largest absolute Gasteiger partial charge is 0.478 e. The van der Waals surface area contributed by atoms with Crippen LogP contribution >= 0.6 is 23.2 Å². The summed E-state index contributed by atoms with van der Waals surface area (Å²) in [6.45, 7) is 12.0. The van der Waals surface area contributed by atoms with Gasteiger partial charge < -0.3 is 29.7 Å². The van der Waals surface area contributed by atoms with Gasteiger partial charge in [0.25, 0.3) is 0 Å². The second kappa shape index (κ2) is 23.3. The maximum atomic E-state index is 12.6. The minimum atomic E-state index is -4.53. The zero-order chi connectivity index (χ0) is 49.8. The number of halogens is 8. The highest BCUT2D eigenvalue weighted by Crippen LogP contribution is 2.42. The Balaban J connectivity index is 0.000000176. The molecular weight excluding hydrogens is 937 g/mol. The van der Waals surface area contributed by atoms with Crippen LogP contribution in [-0.4, -0.2) is 56.8 Å². The summed E-state index contributed by atoms with van der Waals surface area (Å²) < 4.78 is 86.3. The topological polar surface area (TPSA) is 129 Å². The Morgan fingerprint density at radius 2 is 1.19 bits per heavy atom. The zero-order valence-corrected chi connectivity index (χ0v) is 38.2. The molecule has 1 aromatic heterocycles. The van der Waals surface area contributed by atoms with Crippen LogP contribution in [0.4, 0.5) is 26.3 Å². The lowest BCUT2D eigenvalue weighted by atomic mass is 9.68. The first-order valence-corrected chi connectivity index (χ1v) is 21.9. The fourth-order valence-corrected chi connectivity index (χ4v) is 7.89. The maximum absolute atomic E-state index is 12.6. The van der Waals surface area contributed by atoms with Crippen LogP contribution in [0.25, 0.3) is 10.9 Å². The summed E-state index contributed by atoms with van der Waals surface area (Å²) in [5.74, 6) is -2.08. The quantitative estimate of drug-likeness (QED) is 0.0907. The highest BCUT2D eigenvalue weighted by molar-refractivity contribution is 6.30. The number of piperidine rings is 3. The van der Waals surface area contributed by atoms with Crippen molar-refractivity contribution in [3.8, 4) is 11.5 Å². The van der Waals surface area contributed by atoms with Gasteiger partial charge in [-0.1, -0.05) is 90.8 Å². The SMILES string of the molecule is C=CC1(C)CN2CCC1CC2.C[C@H](O)c1ccnc2ccccc12.O=C(O)C(Oc1cccc(C(F)(F)F)c1)c1ccc(Cl)cc1.O=C(O)C(Oc1cccc(C(F)(F)F)c1)c1ccc(Cl)cc1. The second-order valence-electron chi connectivity index (χ2n) is 16.2. The molecule has 3 aliphatic rings. The van der Waals surface area contributed by atoms with E-state index in [9.17, 15) is 51.3 Å². The summed E-state index contributed by atoms with van der Waals surface area (Å²) in [6, 6.07) is 29.4. The van der Waals surface area contributed by atoms with E-state index in [0.717, 1.165) is 58.8 Å². The normalized spacial score (nSPS) is 18.7. The van der Waals surface area contributed by atoms with Crippen molar-refractivity contribution in [3.05, 3.63) is 184 Å². The molecule has 3 unspecified atom stereocenters. The second-order valence-corrected chi connectivity index (χ2v) is 17.1. The predicted molar refractivity (Wildman–Crippen MR) is 248 cm³/mol. The molecule has 9 rings (SSSR count). The van der Waals surface area contributed by atoms with Gasteiger partial charge in [0.15, 0.2) is 0 Å². The lowest BCUT2D eigenvalue weighted by molar-refractivity contribution is -0.146. The molecule has 0 spiro atoms. The molecule has 0 saturated carbocycles. The molecule has 3 fully saturated rings. The van der Waals surface area contributed by atoms with Crippen LogP contribution in [0.1, 0.15) is 72.8 Å². The number of alkyl halides is 6. The molecule has 2 bridgehead atoms. The lowest BCUT2D eigenvalue weighted by Gasteiger charge is -2.50. The van der Waals surface area contributed by atoms with Gasteiger partial charge in [-0.2, -0.15) is 26.3 Å². The van der Waals surface area contributed by atoms with Gasteiger partial charge in [0.05, 0.1) is 22.7 Å². The first-order chi connectivity index (χ1) is 32.1. The smallest absolute Gasteiger partial charge is 0.416 e. The molecule has 0 radical (unpaired) electrons. The zero-order valence-electron chi connectivity index (χ0n) is 36.7. The van der Waals surface area contributed by atoms with Crippen LogP contribution in [-0.2, 0) is 21.9 Å². The number of aromatic nitrogens is 1.